The predicted molar refractivity (Wildman–Crippen MR) is 107 cm³/mol. The van der Waals surface area contributed by atoms with Gasteiger partial charge in [0.1, 0.15) is 11.6 Å². The first-order valence-corrected chi connectivity index (χ1v) is 9.25. The largest absolute Gasteiger partial charge is 0.503 e. The number of amides is 1. The molecule has 3 nitrogen and oxygen atoms in total. The molecular weight excluding hydrogens is 372 g/mol. The minimum Gasteiger partial charge on any atom is -0.503 e. The Balaban J connectivity index is 1.83. The second-order valence-electron chi connectivity index (χ2n) is 7.11. The topological polar surface area (TPSA) is 40.5 Å². The molecule has 1 atom stereocenters. The Hall–Kier alpha value is -3.47. The van der Waals surface area contributed by atoms with Crippen LogP contribution in [0.4, 0.5) is 8.78 Å². The van der Waals surface area contributed by atoms with E-state index in [0.29, 0.717) is 22.3 Å². The Morgan fingerprint density at radius 1 is 0.931 bits per heavy atom. The van der Waals surface area contributed by atoms with Gasteiger partial charge in [-0.2, -0.15) is 0 Å². The van der Waals surface area contributed by atoms with Gasteiger partial charge in [0.25, 0.3) is 5.91 Å². The van der Waals surface area contributed by atoms with Crippen LogP contribution in [0.3, 0.4) is 0 Å². The average molecular weight is 391 g/mol. The van der Waals surface area contributed by atoms with Gasteiger partial charge >= 0.3 is 0 Å². The van der Waals surface area contributed by atoms with E-state index in [9.17, 15) is 18.7 Å². The van der Waals surface area contributed by atoms with E-state index >= 15 is 0 Å². The van der Waals surface area contributed by atoms with Crippen molar-refractivity contribution in [1.82, 2.24) is 4.90 Å². The maximum absolute atomic E-state index is 14.7. The number of carbonyl (C=O) groups is 1. The normalized spacial score (nSPS) is 16.6. The Labute approximate surface area is 167 Å². The fourth-order valence-corrected chi connectivity index (χ4v) is 3.65. The summed E-state index contributed by atoms with van der Waals surface area (Å²) in [6.45, 7) is 2.05. The molecule has 5 heteroatoms. The maximum Gasteiger partial charge on any atom is 0.290 e. The number of carbonyl (C=O) groups excluding carboxylic acids is 1. The summed E-state index contributed by atoms with van der Waals surface area (Å²) in [5, 5.41) is 10.7. The molecule has 29 heavy (non-hydrogen) atoms. The number of rotatable bonds is 4. The number of benzene rings is 3. The Bertz CT molecular complexity index is 1090. The number of aryl methyl sites for hydroxylation is 1. The third-order valence-electron chi connectivity index (χ3n) is 5.13. The van der Waals surface area contributed by atoms with Gasteiger partial charge in [-0.25, -0.2) is 8.78 Å². The summed E-state index contributed by atoms with van der Waals surface area (Å²) in [6.07, 6.45) is 0. The first-order chi connectivity index (χ1) is 14.0. The highest BCUT2D eigenvalue weighted by molar-refractivity contribution is 6.05. The molecule has 0 unspecified atom stereocenters. The van der Waals surface area contributed by atoms with Crippen molar-refractivity contribution in [3.05, 3.63) is 112 Å². The second-order valence-corrected chi connectivity index (χ2v) is 7.11. The fraction of sp³-hybridized carbons (Fsp3) is 0.125. The summed E-state index contributed by atoms with van der Waals surface area (Å²) in [7, 11) is 0. The van der Waals surface area contributed by atoms with Crippen molar-refractivity contribution in [1.29, 1.82) is 0 Å². The smallest absolute Gasteiger partial charge is 0.290 e. The van der Waals surface area contributed by atoms with Crippen molar-refractivity contribution < 1.29 is 18.7 Å². The zero-order valence-corrected chi connectivity index (χ0v) is 15.8. The van der Waals surface area contributed by atoms with Crippen LogP contribution in [0.15, 0.2) is 78.6 Å². The molecule has 0 aromatic heterocycles. The molecule has 0 radical (unpaired) electrons. The fourth-order valence-electron chi connectivity index (χ4n) is 3.65. The summed E-state index contributed by atoms with van der Waals surface area (Å²) in [5.74, 6) is -1.83. The third kappa shape index (κ3) is 3.51. The highest BCUT2D eigenvalue weighted by atomic mass is 19.1. The molecule has 4 rings (SSSR count). The van der Waals surface area contributed by atoms with Crippen LogP contribution in [-0.2, 0) is 11.3 Å². The molecule has 1 aliphatic rings. The van der Waals surface area contributed by atoms with Gasteiger partial charge in [0, 0.05) is 17.7 Å². The number of nitrogens with zero attached hydrogens (tertiary/aromatic N) is 1. The second kappa shape index (κ2) is 7.51. The molecule has 0 fully saturated rings. The van der Waals surface area contributed by atoms with E-state index in [1.54, 1.807) is 30.3 Å². The number of hydrogen-bond donors (Lipinski definition) is 1. The van der Waals surface area contributed by atoms with Crippen LogP contribution in [-0.4, -0.2) is 15.9 Å². The van der Waals surface area contributed by atoms with Crippen molar-refractivity contribution in [2.45, 2.75) is 19.5 Å². The summed E-state index contributed by atoms with van der Waals surface area (Å²) in [6, 6.07) is 18.5. The van der Waals surface area contributed by atoms with Crippen molar-refractivity contribution in [3.63, 3.8) is 0 Å². The Morgan fingerprint density at radius 3 is 2.24 bits per heavy atom. The van der Waals surface area contributed by atoms with Crippen LogP contribution in [0.2, 0.25) is 0 Å². The van der Waals surface area contributed by atoms with E-state index in [-0.39, 0.29) is 12.4 Å². The lowest BCUT2D eigenvalue weighted by atomic mass is 9.92. The summed E-state index contributed by atoms with van der Waals surface area (Å²) in [4.78, 5) is 14.4. The standard InChI is InChI=1S/C24H19F2NO2/c1-15-6-10-17(11-7-15)21-22(19-4-2-3-5-20(19)26)27(24(29)23(21)28)14-16-8-12-18(25)13-9-16/h2-13,22,28H,14H2,1H3/t22-/m0/s1. The first-order valence-electron chi connectivity index (χ1n) is 9.25. The lowest BCUT2D eigenvalue weighted by Crippen LogP contribution is -2.30. The van der Waals surface area contributed by atoms with Crippen LogP contribution < -0.4 is 0 Å². The van der Waals surface area contributed by atoms with Gasteiger partial charge in [0.05, 0.1) is 6.04 Å². The lowest BCUT2D eigenvalue weighted by Gasteiger charge is -2.28. The van der Waals surface area contributed by atoms with Crippen LogP contribution in [0, 0.1) is 18.6 Å². The molecule has 0 bridgehead atoms. The molecule has 3 aromatic carbocycles. The molecule has 0 aliphatic carbocycles. The van der Waals surface area contributed by atoms with E-state index in [1.165, 1.54) is 23.1 Å². The number of hydrogen-bond acceptors (Lipinski definition) is 2. The molecule has 0 saturated carbocycles. The van der Waals surface area contributed by atoms with Gasteiger partial charge in [0.2, 0.25) is 0 Å². The van der Waals surface area contributed by atoms with Gasteiger partial charge in [0.15, 0.2) is 5.76 Å². The van der Waals surface area contributed by atoms with E-state index in [0.717, 1.165) is 5.56 Å². The van der Waals surface area contributed by atoms with Gasteiger partial charge in [-0.05, 0) is 36.2 Å². The molecule has 1 amide bonds. The number of aliphatic hydroxyl groups is 1. The number of halogens is 2. The predicted octanol–water partition coefficient (Wildman–Crippen LogP) is 5.33. The maximum atomic E-state index is 14.7. The number of aliphatic hydroxyl groups excluding tert-OH is 1. The minimum absolute atomic E-state index is 0.109. The average Bonchev–Trinajstić information content (AvgIpc) is 2.95. The molecular formula is C24H19F2NO2. The Morgan fingerprint density at radius 2 is 1.59 bits per heavy atom. The monoisotopic (exact) mass is 391 g/mol. The van der Waals surface area contributed by atoms with Crippen molar-refractivity contribution >= 4 is 11.5 Å². The van der Waals surface area contributed by atoms with Crippen molar-refractivity contribution in [2.75, 3.05) is 0 Å². The third-order valence-corrected chi connectivity index (χ3v) is 5.13. The van der Waals surface area contributed by atoms with E-state index in [4.69, 9.17) is 0 Å². The van der Waals surface area contributed by atoms with E-state index in [1.807, 2.05) is 31.2 Å². The summed E-state index contributed by atoms with van der Waals surface area (Å²) in [5.41, 5.74) is 3.02. The van der Waals surface area contributed by atoms with Crippen molar-refractivity contribution in [2.24, 2.45) is 0 Å². The van der Waals surface area contributed by atoms with Gasteiger partial charge in [-0.3, -0.25) is 4.79 Å². The highest BCUT2D eigenvalue weighted by Crippen LogP contribution is 2.44. The quantitative estimate of drug-likeness (QED) is 0.653. The molecule has 146 valence electrons. The minimum atomic E-state index is -0.795. The van der Waals surface area contributed by atoms with Crippen LogP contribution >= 0.6 is 0 Å². The molecule has 1 aliphatic heterocycles. The molecule has 3 aromatic rings. The highest BCUT2D eigenvalue weighted by Gasteiger charge is 2.42. The van der Waals surface area contributed by atoms with Gasteiger partial charge < -0.3 is 10.0 Å². The summed E-state index contributed by atoms with van der Waals surface area (Å²) >= 11 is 0. The molecule has 1 heterocycles. The lowest BCUT2D eigenvalue weighted by molar-refractivity contribution is -0.130. The zero-order valence-electron chi connectivity index (χ0n) is 15.8. The first kappa shape index (κ1) is 18.9. The van der Waals surface area contributed by atoms with Gasteiger partial charge in [-0.15, -0.1) is 0 Å². The van der Waals surface area contributed by atoms with Gasteiger partial charge in [-0.1, -0.05) is 60.2 Å². The van der Waals surface area contributed by atoms with E-state index < -0.39 is 23.5 Å². The molecule has 0 saturated heterocycles. The van der Waals surface area contributed by atoms with Crippen LogP contribution in [0.5, 0.6) is 0 Å². The molecule has 1 N–H and O–H groups in total. The van der Waals surface area contributed by atoms with Crippen LogP contribution in [0.1, 0.15) is 28.3 Å². The van der Waals surface area contributed by atoms with Crippen molar-refractivity contribution in [3.8, 4) is 0 Å². The van der Waals surface area contributed by atoms with E-state index in [2.05, 4.69) is 0 Å². The molecule has 0 spiro atoms. The SMILES string of the molecule is Cc1ccc(C2=C(O)C(=O)N(Cc3ccc(F)cc3)[C@H]2c2ccccc2F)cc1. The summed E-state index contributed by atoms with van der Waals surface area (Å²) < 4.78 is 28.0. The Kier molecular flexibility index (Phi) is 4.89. The van der Waals surface area contributed by atoms with Crippen LogP contribution in [0.25, 0.3) is 5.57 Å². The zero-order chi connectivity index (χ0) is 20.5.